The number of hydrogen-bond acceptors (Lipinski definition) is 3. The summed E-state index contributed by atoms with van der Waals surface area (Å²) in [5, 5.41) is 0. The summed E-state index contributed by atoms with van der Waals surface area (Å²) in [6, 6.07) is 2.20. The van der Waals surface area contributed by atoms with Crippen LogP contribution in [0.5, 0.6) is 0 Å². The van der Waals surface area contributed by atoms with Gasteiger partial charge in [0.1, 0.15) is 0 Å². The topological polar surface area (TPSA) is 32.5 Å². The first-order valence-electron chi connectivity index (χ1n) is 5.58. The first-order valence-corrected chi connectivity index (χ1v) is 5.58. The van der Waals surface area contributed by atoms with E-state index in [1.807, 2.05) is 0 Å². The number of fused-ring (bicyclic) bond motifs is 1. The van der Waals surface area contributed by atoms with E-state index in [1.54, 1.807) is 0 Å². The van der Waals surface area contributed by atoms with Gasteiger partial charge in [-0.25, -0.2) is 0 Å². The average molecular weight is 181 g/mol. The summed E-state index contributed by atoms with van der Waals surface area (Å²) in [7, 11) is 0. The highest BCUT2D eigenvalue weighted by molar-refractivity contribution is 5.00. The smallest absolute Gasteiger partial charge is 0.0297 e. The molecule has 13 heavy (non-hydrogen) atoms. The van der Waals surface area contributed by atoms with Crippen LogP contribution in [0.3, 0.4) is 0 Å². The van der Waals surface area contributed by atoms with E-state index in [0.717, 1.165) is 25.2 Å². The first kappa shape index (κ1) is 8.21. The zero-order valence-corrected chi connectivity index (χ0v) is 8.15. The molecule has 3 heterocycles. The van der Waals surface area contributed by atoms with Crippen molar-refractivity contribution in [3.8, 4) is 0 Å². The van der Waals surface area contributed by atoms with Gasteiger partial charge >= 0.3 is 0 Å². The highest BCUT2D eigenvalue weighted by atomic mass is 15.3. The molecule has 0 amide bonds. The Morgan fingerprint density at radius 1 is 0.923 bits per heavy atom. The largest absolute Gasteiger partial charge is 0.325 e. The molecule has 3 aliphatic rings. The van der Waals surface area contributed by atoms with Crippen LogP contribution in [0.2, 0.25) is 0 Å². The maximum atomic E-state index is 5.82. The number of nitrogens with two attached hydrogens (primary N) is 1. The summed E-state index contributed by atoms with van der Waals surface area (Å²) >= 11 is 0. The van der Waals surface area contributed by atoms with E-state index in [-0.39, 0.29) is 0 Å². The molecule has 0 aliphatic carbocycles. The molecular formula is C10H19N3. The molecule has 3 saturated heterocycles. The van der Waals surface area contributed by atoms with Crippen molar-refractivity contribution in [1.82, 2.24) is 9.80 Å². The Kier molecular flexibility index (Phi) is 1.86. The predicted molar refractivity (Wildman–Crippen MR) is 52.5 cm³/mol. The van der Waals surface area contributed by atoms with Gasteiger partial charge in [-0.2, -0.15) is 0 Å². The lowest BCUT2D eigenvalue weighted by Crippen LogP contribution is -2.61. The molecule has 0 saturated carbocycles. The average Bonchev–Trinajstić information content (AvgIpc) is 2.58. The Bertz CT molecular complexity index is 200. The molecule has 2 N–H and O–H groups in total. The Morgan fingerprint density at radius 3 is 2.46 bits per heavy atom. The van der Waals surface area contributed by atoms with Gasteiger partial charge in [-0.3, -0.25) is 9.80 Å². The van der Waals surface area contributed by atoms with Gasteiger partial charge in [0.05, 0.1) is 0 Å². The molecule has 3 aliphatic heterocycles. The summed E-state index contributed by atoms with van der Waals surface area (Å²) in [6.07, 6.45) is 4.23. The zero-order valence-electron chi connectivity index (χ0n) is 8.15. The van der Waals surface area contributed by atoms with Crippen LogP contribution in [-0.4, -0.2) is 54.1 Å². The third-order valence-corrected chi connectivity index (χ3v) is 3.98. The number of likely N-dealkylation sites (tertiary alicyclic amines) is 1. The summed E-state index contributed by atoms with van der Waals surface area (Å²) in [5.41, 5.74) is 5.82. The maximum Gasteiger partial charge on any atom is 0.0297 e. The molecule has 0 aromatic carbocycles. The Morgan fingerprint density at radius 2 is 1.69 bits per heavy atom. The molecule has 2 unspecified atom stereocenters. The lowest BCUT2D eigenvalue weighted by molar-refractivity contribution is 0.0764. The van der Waals surface area contributed by atoms with Crippen LogP contribution in [0, 0.1) is 0 Å². The molecule has 74 valence electrons. The van der Waals surface area contributed by atoms with Crippen molar-refractivity contribution in [3.63, 3.8) is 0 Å². The molecule has 3 nitrogen and oxygen atoms in total. The molecule has 0 spiro atoms. The van der Waals surface area contributed by atoms with Crippen LogP contribution in [0.4, 0.5) is 0 Å². The summed E-state index contributed by atoms with van der Waals surface area (Å²) in [5.74, 6) is 0. The van der Waals surface area contributed by atoms with Gasteiger partial charge in [0.15, 0.2) is 0 Å². The molecule has 3 fully saturated rings. The van der Waals surface area contributed by atoms with Crippen molar-refractivity contribution < 1.29 is 0 Å². The van der Waals surface area contributed by atoms with Crippen molar-refractivity contribution in [2.24, 2.45) is 5.73 Å². The minimum Gasteiger partial charge on any atom is -0.325 e. The summed E-state index contributed by atoms with van der Waals surface area (Å²) in [6.45, 7) is 4.98. The monoisotopic (exact) mass is 181 g/mol. The van der Waals surface area contributed by atoms with E-state index < -0.39 is 0 Å². The van der Waals surface area contributed by atoms with Crippen LogP contribution >= 0.6 is 0 Å². The third-order valence-electron chi connectivity index (χ3n) is 3.98. The van der Waals surface area contributed by atoms with Crippen molar-refractivity contribution >= 4 is 0 Å². The summed E-state index contributed by atoms with van der Waals surface area (Å²) < 4.78 is 0. The minimum atomic E-state index is 0.468. The van der Waals surface area contributed by atoms with Gasteiger partial charge in [-0.1, -0.05) is 0 Å². The second kappa shape index (κ2) is 2.94. The van der Waals surface area contributed by atoms with E-state index in [4.69, 9.17) is 5.73 Å². The van der Waals surface area contributed by atoms with Gasteiger partial charge in [0.2, 0.25) is 0 Å². The fourth-order valence-electron chi connectivity index (χ4n) is 3.30. The molecule has 0 radical (unpaired) electrons. The Labute approximate surface area is 79.9 Å². The van der Waals surface area contributed by atoms with Crippen LogP contribution in [0.15, 0.2) is 0 Å². The van der Waals surface area contributed by atoms with Gasteiger partial charge in [0, 0.05) is 37.8 Å². The van der Waals surface area contributed by atoms with Crippen LogP contribution < -0.4 is 5.73 Å². The molecular weight excluding hydrogens is 162 g/mol. The molecule has 2 atom stereocenters. The quantitative estimate of drug-likeness (QED) is 0.611. The number of hydrogen-bond donors (Lipinski definition) is 1. The van der Waals surface area contributed by atoms with Crippen molar-refractivity contribution in [2.45, 2.75) is 37.4 Å². The number of rotatable bonds is 1. The molecule has 0 aromatic rings. The van der Waals surface area contributed by atoms with Gasteiger partial charge in [0.25, 0.3) is 0 Å². The van der Waals surface area contributed by atoms with E-state index in [9.17, 15) is 0 Å². The summed E-state index contributed by atoms with van der Waals surface area (Å²) in [4.78, 5) is 5.27. The van der Waals surface area contributed by atoms with Crippen LogP contribution in [-0.2, 0) is 0 Å². The maximum absolute atomic E-state index is 5.82. The lowest BCUT2D eigenvalue weighted by atomic mass is 9.99. The van der Waals surface area contributed by atoms with E-state index in [2.05, 4.69) is 9.80 Å². The lowest BCUT2D eigenvalue weighted by Gasteiger charge is -2.43. The molecule has 3 heteroatoms. The van der Waals surface area contributed by atoms with Crippen LogP contribution in [0.1, 0.15) is 19.3 Å². The Balaban J connectivity index is 1.65. The highest BCUT2D eigenvalue weighted by Crippen LogP contribution is 2.32. The fraction of sp³-hybridized carbons (Fsp3) is 1.00. The Hall–Kier alpha value is -0.120. The van der Waals surface area contributed by atoms with E-state index in [1.165, 1.54) is 32.4 Å². The molecule has 0 bridgehead atoms. The first-order chi connectivity index (χ1) is 6.34. The van der Waals surface area contributed by atoms with Crippen molar-refractivity contribution in [1.29, 1.82) is 0 Å². The SMILES string of the molecule is NC1CN(C2CCN3CCCC23)C1. The van der Waals surface area contributed by atoms with E-state index in [0.29, 0.717) is 6.04 Å². The molecule has 0 aromatic heterocycles. The predicted octanol–water partition coefficient (Wildman–Crippen LogP) is -0.134. The second-order valence-electron chi connectivity index (χ2n) is 4.82. The number of nitrogens with zero attached hydrogens (tertiary/aromatic N) is 2. The molecule has 3 rings (SSSR count). The normalized spacial score (nSPS) is 42.2. The van der Waals surface area contributed by atoms with Gasteiger partial charge in [-0.15, -0.1) is 0 Å². The minimum absolute atomic E-state index is 0.468. The zero-order chi connectivity index (χ0) is 8.84. The second-order valence-corrected chi connectivity index (χ2v) is 4.82. The van der Waals surface area contributed by atoms with Gasteiger partial charge in [-0.05, 0) is 25.8 Å². The van der Waals surface area contributed by atoms with Crippen molar-refractivity contribution in [2.75, 3.05) is 26.2 Å². The van der Waals surface area contributed by atoms with E-state index >= 15 is 0 Å². The standard InChI is InChI=1S/C10H19N3/c11-8-6-13(7-8)10-3-5-12-4-1-2-9(10)12/h8-10H,1-7,11H2. The fourth-order valence-corrected chi connectivity index (χ4v) is 3.30. The van der Waals surface area contributed by atoms with Crippen molar-refractivity contribution in [3.05, 3.63) is 0 Å². The van der Waals surface area contributed by atoms with Crippen LogP contribution in [0.25, 0.3) is 0 Å². The third kappa shape index (κ3) is 1.22. The highest BCUT2D eigenvalue weighted by Gasteiger charge is 2.42. The van der Waals surface area contributed by atoms with Gasteiger partial charge < -0.3 is 5.73 Å².